The number of fused-ring (bicyclic) bond motifs is 1. The number of benzene rings is 3. The lowest BCUT2D eigenvalue weighted by Gasteiger charge is -2.16. The summed E-state index contributed by atoms with van der Waals surface area (Å²) < 4.78 is 20.7. The Morgan fingerprint density at radius 2 is 1.78 bits per heavy atom. The number of hydrogen-bond acceptors (Lipinski definition) is 4. The zero-order chi connectivity index (χ0) is 26.4. The number of carbonyl (C=O) groups excluding carboxylic acids is 2. The Bertz CT molecular complexity index is 1430. The molecule has 0 spiro atoms. The van der Waals surface area contributed by atoms with Gasteiger partial charge in [-0.1, -0.05) is 56.7 Å². The fourth-order valence-corrected chi connectivity index (χ4v) is 4.43. The predicted molar refractivity (Wildman–Crippen MR) is 145 cm³/mol. The number of halogens is 1. The summed E-state index contributed by atoms with van der Waals surface area (Å²) in [5, 5.41) is 3.56. The van der Waals surface area contributed by atoms with Gasteiger partial charge in [-0.2, -0.15) is 0 Å². The van der Waals surface area contributed by atoms with Crippen LogP contribution in [-0.2, 0) is 6.42 Å². The average molecular weight is 499 g/mol. The Kier molecular flexibility index (Phi) is 8.29. The van der Waals surface area contributed by atoms with Crippen LogP contribution in [0.3, 0.4) is 0 Å². The minimum absolute atomic E-state index is 0.00173. The largest absolute Gasteiger partial charge is 0.496 e. The second-order valence-corrected chi connectivity index (χ2v) is 8.96. The van der Waals surface area contributed by atoms with Crippen LogP contribution in [0.2, 0.25) is 0 Å². The molecule has 4 aromatic rings. The number of ketones is 1. The van der Waals surface area contributed by atoms with E-state index >= 15 is 4.39 Å². The summed E-state index contributed by atoms with van der Waals surface area (Å²) in [6.07, 6.45) is 4.33. The molecule has 190 valence electrons. The summed E-state index contributed by atoms with van der Waals surface area (Å²) in [7, 11) is 1.55. The zero-order valence-corrected chi connectivity index (χ0v) is 21.4. The van der Waals surface area contributed by atoms with Crippen molar-refractivity contribution in [3.05, 3.63) is 94.9 Å². The van der Waals surface area contributed by atoms with Crippen molar-refractivity contribution in [2.24, 2.45) is 0 Å². The second kappa shape index (κ2) is 11.8. The van der Waals surface area contributed by atoms with Gasteiger partial charge < -0.3 is 10.1 Å². The summed E-state index contributed by atoms with van der Waals surface area (Å²) in [6.45, 7) is 4.37. The molecule has 0 aliphatic heterocycles. The van der Waals surface area contributed by atoms with Gasteiger partial charge in [0.15, 0.2) is 5.78 Å². The molecule has 1 N–H and O–H groups in total. The number of ether oxygens (including phenoxy) is 1. The molecule has 37 heavy (non-hydrogen) atoms. The molecule has 5 nitrogen and oxygen atoms in total. The molecule has 0 saturated carbocycles. The number of Topliss-reactive ketones (excluding diaryl/α,β-unsaturated/α-hetero) is 1. The van der Waals surface area contributed by atoms with Crippen molar-refractivity contribution in [3.8, 4) is 16.9 Å². The van der Waals surface area contributed by atoms with Gasteiger partial charge in [-0.3, -0.25) is 14.6 Å². The maximum atomic E-state index is 15.1. The van der Waals surface area contributed by atoms with E-state index in [0.717, 1.165) is 29.4 Å². The molecule has 1 amide bonds. The Balaban J connectivity index is 1.84. The molecule has 0 unspecified atom stereocenters. The highest BCUT2D eigenvalue weighted by Gasteiger charge is 2.19. The molecule has 4 rings (SSSR count). The number of hydrogen-bond donors (Lipinski definition) is 1. The fourth-order valence-electron chi connectivity index (χ4n) is 4.43. The van der Waals surface area contributed by atoms with Gasteiger partial charge in [0.05, 0.1) is 18.2 Å². The van der Waals surface area contributed by atoms with E-state index in [-0.39, 0.29) is 11.3 Å². The van der Waals surface area contributed by atoms with E-state index < -0.39 is 11.7 Å². The zero-order valence-electron chi connectivity index (χ0n) is 21.4. The highest BCUT2D eigenvalue weighted by atomic mass is 19.1. The molecule has 1 heterocycles. The number of nitrogens with one attached hydrogen (secondary N) is 1. The summed E-state index contributed by atoms with van der Waals surface area (Å²) in [4.78, 5) is 29.8. The van der Waals surface area contributed by atoms with Crippen LogP contribution in [0.5, 0.6) is 5.75 Å². The Labute approximate surface area is 216 Å². The van der Waals surface area contributed by atoms with Crippen molar-refractivity contribution < 1.29 is 18.7 Å². The van der Waals surface area contributed by atoms with Gasteiger partial charge in [0.2, 0.25) is 0 Å². The standard InChI is InChI=1S/C31H31FN2O3/c1-4-6-14-33-31(36)22-13-12-21(16-27(22)32)23-17-25-24(15-20-10-8-7-9-11-20)26(29(35)5-2)19-34-28(25)18-30(23)37-3/h7-13,16-19H,4-6,14-15H2,1-3H3,(H,33,36). The first-order valence-electron chi connectivity index (χ1n) is 12.6. The van der Waals surface area contributed by atoms with Crippen molar-refractivity contribution in [2.45, 2.75) is 39.5 Å². The van der Waals surface area contributed by atoms with Crippen molar-refractivity contribution in [1.82, 2.24) is 10.3 Å². The maximum absolute atomic E-state index is 15.1. The fraction of sp³-hybridized carbons (Fsp3) is 0.258. The van der Waals surface area contributed by atoms with E-state index in [0.29, 0.717) is 47.3 Å². The van der Waals surface area contributed by atoms with E-state index in [2.05, 4.69) is 10.3 Å². The van der Waals surface area contributed by atoms with Crippen LogP contribution in [0, 0.1) is 5.82 Å². The third kappa shape index (κ3) is 5.69. The molecule has 0 aliphatic rings. The lowest BCUT2D eigenvalue weighted by molar-refractivity contribution is 0.0947. The number of rotatable bonds is 10. The average Bonchev–Trinajstić information content (AvgIpc) is 2.92. The topological polar surface area (TPSA) is 68.3 Å². The van der Waals surface area contributed by atoms with Crippen LogP contribution >= 0.6 is 0 Å². The van der Waals surface area contributed by atoms with Crippen molar-refractivity contribution >= 4 is 22.6 Å². The summed E-state index contributed by atoms with van der Waals surface area (Å²) >= 11 is 0. The molecule has 1 aromatic heterocycles. The van der Waals surface area contributed by atoms with Gasteiger partial charge in [0.1, 0.15) is 11.6 Å². The number of aromatic nitrogens is 1. The van der Waals surface area contributed by atoms with Gasteiger partial charge >= 0.3 is 0 Å². The van der Waals surface area contributed by atoms with Crippen LogP contribution in [0.25, 0.3) is 22.0 Å². The highest BCUT2D eigenvalue weighted by molar-refractivity contribution is 6.03. The van der Waals surface area contributed by atoms with Crippen LogP contribution in [0.15, 0.2) is 66.9 Å². The minimum Gasteiger partial charge on any atom is -0.496 e. The smallest absolute Gasteiger partial charge is 0.254 e. The number of carbonyl (C=O) groups is 2. The Morgan fingerprint density at radius 1 is 1.00 bits per heavy atom. The monoisotopic (exact) mass is 498 g/mol. The van der Waals surface area contributed by atoms with Crippen molar-refractivity contribution in [1.29, 1.82) is 0 Å². The van der Waals surface area contributed by atoms with Crippen LogP contribution < -0.4 is 10.1 Å². The number of pyridine rings is 1. The molecule has 0 atom stereocenters. The SMILES string of the molecule is CCCCNC(=O)c1ccc(-c2cc3c(Cc4ccccc4)c(C(=O)CC)cnc3cc2OC)cc1F. The lowest BCUT2D eigenvalue weighted by Crippen LogP contribution is -2.25. The van der Waals surface area contributed by atoms with Gasteiger partial charge in [-0.05, 0) is 47.7 Å². The molecular weight excluding hydrogens is 467 g/mol. The number of amides is 1. The summed E-state index contributed by atoms with van der Waals surface area (Å²) in [5.74, 6) is -0.492. The first kappa shape index (κ1) is 26.0. The minimum atomic E-state index is -0.605. The predicted octanol–water partition coefficient (Wildman–Crippen LogP) is 6.76. The second-order valence-electron chi connectivity index (χ2n) is 8.96. The van der Waals surface area contributed by atoms with Crippen LogP contribution in [0.4, 0.5) is 4.39 Å². The maximum Gasteiger partial charge on any atom is 0.254 e. The molecule has 3 aromatic carbocycles. The molecule has 0 fully saturated rings. The van der Waals surface area contributed by atoms with E-state index in [4.69, 9.17) is 4.74 Å². The van der Waals surface area contributed by atoms with Crippen molar-refractivity contribution in [3.63, 3.8) is 0 Å². The van der Waals surface area contributed by atoms with E-state index in [1.54, 1.807) is 19.4 Å². The third-order valence-corrected chi connectivity index (χ3v) is 6.49. The third-order valence-electron chi connectivity index (χ3n) is 6.49. The lowest BCUT2D eigenvalue weighted by atomic mass is 9.91. The Morgan fingerprint density at radius 3 is 2.46 bits per heavy atom. The van der Waals surface area contributed by atoms with Crippen LogP contribution in [-0.4, -0.2) is 30.3 Å². The highest BCUT2D eigenvalue weighted by Crippen LogP contribution is 2.37. The molecular formula is C31H31FN2O3. The van der Waals surface area contributed by atoms with Crippen molar-refractivity contribution in [2.75, 3.05) is 13.7 Å². The number of nitrogens with zero attached hydrogens (tertiary/aromatic N) is 1. The van der Waals surface area contributed by atoms with E-state index in [1.807, 2.05) is 56.3 Å². The number of methoxy groups -OCH3 is 1. The summed E-state index contributed by atoms with van der Waals surface area (Å²) in [6, 6.07) is 18.2. The summed E-state index contributed by atoms with van der Waals surface area (Å²) in [5.41, 5.74) is 4.44. The molecule has 0 bridgehead atoms. The normalized spacial score (nSPS) is 10.9. The van der Waals surface area contributed by atoms with Gasteiger partial charge in [-0.15, -0.1) is 0 Å². The van der Waals surface area contributed by atoms with Crippen LogP contribution in [0.1, 0.15) is 65.0 Å². The molecule has 0 saturated heterocycles. The van der Waals surface area contributed by atoms with E-state index in [1.165, 1.54) is 12.1 Å². The number of unbranched alkanes of at least 4 members (excludes halogenated alkanes) is 1. The van der Waals surface area contributed by atoms with E-state index in [9.17, 15) is 9.59 Å². The molecule has 0 aliphatic carbocycles. The Hall–Kier alpha value is -4.06. The first-order chi connectivity index (χ1) is 18.0. The quantitative estimate of drug-likeness (QED) is 0.194. The van der Waals surface area contributed by atoms with Gasteiger partial charge in [0, 0.05) is 41.7 Å². The van der Waals surface area contributed by atoms with Gasteiger partial charge in [0.25, 0.3) is 5.91 Å². The molecule has 0 radical (unpaired) electrons. The first-order valence-corrected chi connectivity index (χ1v) is 12.6. The van der Waals surface area contributed by atoms with Gasteiger partial charge in [-0.25, -0.2) is 4.39 Å². The molecule has 6 heteroatoms.